The predicted molar refractivity (Wildman–Crippen MR) is 88.4 cm³/mol. The highest BCUT2D eigenvalue weighted by Crippen LogP contribution is 2.63. The molecule has 0 aromatic heterocycles. The summed E-state index contributed by atoms with van der Waals surface area (Å²) < 4.78 is 1.09. The van der Waals surface area contributed by atoms with Gasteiger partial charge in [-0.25, -0.2) is 0 Å². The fraction of sp³-hybridized carbons (Fsp3) is 0.529. The van der Waals surface area contributed by atoms with Crippen molar-refractivity contribution in [2.75, 3.05) is 0 Å². The van der Waals surface area contributed by atoms with Crippen LogP contribution in [-0.2, 0) is 0 Å². The first-order valence-corrected chi connectivity index (χ1v) is 8.09. The molecular formula is C17H21BrN2. The molecule has 0 heterocycles. The third-order valence-electron chi connectivity index (χ3n) is 5.77. The van der Waals surface area contributed by atoms with E-state index in [-0.39, 0.29) is 5.41 Å². The lowest BCUT2D eigenvalue weighted by atomic mass is 9.70. The normalized spacial score (nSPS) is 33.4. The first-order chi connectivity index (χ1) is 9.43. The van der Waals surface area contributed by atoms with Crippen LogP contribution in [0.2, 0.25) is 0 Å². The summed E-state index contributed by atoms with van der Waals surface area (Å²) in [6.07, 6.45) is 5.58. The molecule has 1 aromatic carbocycles. The minimum Gasteiger partial charge on any atom is -0.160 e. The number of hydrogen-bond donors (Lipinski definition) is 0. The number of hydrogen-bond acceptors (Lipinski definition) is 2. The molecule has 0 amide bonds. The Morgan fingerprint density at radius 3 is 2.45 bits per heavy atom. The summed E-state index contributed by atoms with van der Waals surface area (Å²) in [5.74, 6) is 0.786. The number of halogens is 1. The summed E-state index contributed by atoms with van der Waals surface area (Å²) in [5.41, 5.74) is 3.01. The molecule has 1 aromatic rings. The van der Waals surface area contributed by atoms with Gasteiger partial charge >= 0.3 is 0 Å². The maximum atomic E-state index is 4.57. The van der Waals surface area contributed by atoms with Crippen molar-refractivity contribution in [3.05, 3.63) is 34.3 Å². The summed E-state index contributed by atoms with van der Waals surface area (Å²) in [6.45, 7) is 7.16. The Hall–Kier alpha value is -0.960. The van der Waals surface area contributed by atoms with Gasteiger partial charge in [0.25, 0.3) is 0 Å². The van der Waals surface area contributed by atoms with Crippen LogP contribution in [0.25, 0.3) is 0 Å². The molecule has 0 aliphatic heterocycles. The van der Waals surface area contributed by atoms with Crippen molar-refractivity contribution in [2.45, 2.75) is 40.0 Å². The van der Waals surface area contributed by atoms with E-state index in [1.807, 2.05) is 30.5 Å². The van der Waals surface area contributed by atoms with Gasteiger partial charge in [0, 0.05) is 15.6 Å². The highest BCUT2D eigenvalue weighted by Gasteiger charge is 2.59. The van der Waals surface area contributed by atoms with Crippen molar-refractivity contribution >= 4 is 27.9 Å². The molecule has 2 nitrogen and oxygen atoms in total. The molecule has 2 aliphatic carbocycles. The third kappa shape index (κ3) is 2.07. The Kier molecular flexibility index (Phi) is 3.36. The molecule has 2 aliphatic rings. The van der Waals surface area contributed by atoms with E-state index in [0.717, 1.165) is 22.4 Å². The standard InChI is InChI=1S/C17H21BrN2/c1-16(2)13-8-9-17(16,3)15(10-13)20-19-11-12-4-6-14(18)7-5-12/h4-7,11,13H,8-10H2,1-3H3. The summed E-state index contributed by atoms with van der Waals surface area (Å²) in [4.78, 5) is 0. The van der Waals surface area contributed by atoms with Gasteiger partial charge in [-0.1, -0.05) is 48.8 Å². The summed E-state index contributed by atoms with van der Waals surface area (Å²) in [5, 5.41) is 8.90. The molecule has 0 radical (unpaired) electrons. The van der Waals surface area contributed by atoms with E-state index >= 15 is 0 Å². The molecule has 2 unspecified atom stereocenters. The highest BCUT2D eigenvalue weighted by molar-refractivity contribution is 9.10. The zero-order valence-corrected chi connectivity index (χ0v) is 13.9. The van der Waals surface area contributed by atoms with Gasteiger partial charge in [-0.3, -0.25) is 0 Å². The van der Waals surface area contributed by atoms with Crippen LogP contribution in [0.5, 0.6) is 0 Å². The van der Waals surface area contributed by atoms with Crippen LogP contribution in [0, 0.1) is 16.7 Å². The Bertz CT molecular complexity index is 571. The van der Waals surface area contributed by atoms with Crippen LogP contribution >= 0.6 is 15.9 Å². The number of fused-ring (bicyclic) bond motifs is 2. The van der Waals surface area contributed by atoms with Crippen molar-refractivity contribution in [2.24, 2.45) is 27.0 Å². The average molecular weight is 333 g/mol. The number of nitrogens with zero attached hydrogens (tertiary/aromatic N) is 2. The average Bonchev–Trinajstić information content (AvgIpc) is 2.74. The Morgan fingerprint density at radius 1 is 1.20 bits per heavy atom. The smallest absolute Gasteiger partial charge is 0.0568 e. The van der Waals surface area contributed by atoms with E-state index in [9.17, 15) is 0 Å². The van der Waals surface area contributed by atoms with E-state index in [0.29, 0.717) is 5.41 Å². The Labute approximate surface area is 129 Å². The van der Waals surface area contributed by atoms with E-state index < -0.39 is 0 Å². The fourth-order valence-electron chi connectivity index (χ4n) is 3.79. The lowest BCUT2D eigenvalue weighted by molar-refractivity contribution is 0.194. The zero-order valence-electron chi connectivity index (χ0n) is 12.4. The third-order valence-corrected chi connectivity index (χ3v) is 6.30. The number of rotatable bonds is 2. The minimum atomic E-state index is 0.245. The SMILES string of the molecule is CC12CCC(CC1=NN=Cc1ccc(Br)cc1)C2(C)C. The van der Waals surface area contributed by atoms with E-state index in [2.05, 4.69) is 46.9 Å². The second-order valence-corrected chi connectivity index (χ2v) is 7.75. The second-order valence-electron chi connectivity index (χ2n) is 6.84. The molecule has 0 saturated heterocycles. The fourth-order valence-corrected chi connectivity index (χ4v) is 4.06. The first-order valence-electron chi connectivity index (χ1n) is 7.29. The van der Waals surface area contributed by atoms with Crippen molar-refractivity contribution in [1.29, 1.82) is 0 Å². The molecule has 2 saturated carbocycles. The topological polar surface area (TPSA) is 24.7 Å². The minimum absolute atomic E-state index is 0.245. The Balaban J connectivity index is 1.79. The van der Waals surface area contributed by atoms with Gasteiger partial charge < -0.3 is 0 Å². The lowest BCUT2D eigenvalue weighted by Gasteiger charge is -2.34. The van der Waals surface area contributed by atoms with Gasteiger partial charge in [-0.15, -0.1) is 0 Å². The monoisotopic (exact) mass is 332 g/mol. The van der Waals surface area contributed by atoms with Crippen LogP contribution in [0.15, 0.2) is 38.9 Å². The van der Waals surface area contributed by atoms with Crippen molar-refractivity contribution in [3.8, 4) is 0 Å². The maximum Gasteiger partial charge on any atom is 0.0568 e. The van der Waals surface area contributed by atoms with Crippen LogP contribution in [0.3, 0.4) is 0 Å². The van der Waals surface area contributed by atoms with Gasteiger partial charge in [0.1, 0.15) is 0 Å². The first kappa shape index (κ1) is 14.0. The molecular weight excluding hydrogens is 312 g/mol. The molecule has 106 valence electrons. The molecule has 2 atom stereocenters. The van der Waals surface area contributed by atoms with Crippen LogP contribution in [-0.4, -0.2) is 11.9 Å². The van der Waals surface area contributed by atoms with E-state index in [4.69, 9.17) is 0 Å². The molecule has 0 N–H and O–H groups in total. The zero-order chi connectivity index (χ0) is 14.4. The maximum absolute atomic E-state index is 4.57. The van der Waals surface area contributed by atoms with Gasteiger partial charge in [0.15, 0.2) is 0 Å². The van der Waals surface area contributed by atoms with Gasteiger partial charge in [-0.2, -0.15) is 10.2 Å². The summed E-state index contributed by atoms with van der Waals surface area (Å²) >= 11 is 3.44. The predicted octanol–water partition coefficient (Wildman–Crippen LogP) is 5.07. The van der Waals surface area contributed by atoms with Gasteiger partial charge in [0.05, 0.1) is 6.21 Å². The van der Waals surface area contributed by atoms with E-state index in [1.54, 1.807) is 0 Å². The van der Waals surface area contributed by atoms with Crippen LogP contribution < -0.4 is 0 Å². The van der Waals surface area contributed by atoms with Crippen molar-refractivity contribution in [3.63, 3.8) is 0 Å². The van der Waals surface area contributed by atoms with Crippen LogP contribution in [0.4, 0.5) is 0 Å². The lowest BCUT2D eigenvalue weighted by Crippen LogP contribution is -2.32. The molecule has 20 heavy (non-hydrogen) atoms. The highest BCUT2D eigenvalue weighted by atomic mass is 79.9. The quantitative estimate of drug-likeness (QED) is 0.533. The van der Waals surface area contributed by atoms with Crippen molar-refractivity contribution in [1.82, 2.24) is 0 Å². The van der Waals surface area contributed by atoms with Crippen molar-refractivity contribution < 1.29 is 0 Å². The van der Waals surface area contributed by atoms with Gasteiger partial charge in [0.2, 0.25) is 0 Å². The molecule has 0 spiro atoms. The molecule has 2 bridgehead atoms. The largest absolute Gasteiger partial charge is 0.160 e. The summed E-state index contributed by atoms with van der Waals surface area (Å²) in [6, 6.07) is 8.13. The van der Waals surface area contributed by atoms with E-state index in [1.165, 1.54) is 18.6 Å². The number of benzene rings is 1. The molecule has 3 heteroatoms. The molecule has 3 rings (SSSR count). The second kappa shape index (κ2) is 4.80. The van der Waals surface area contributed by atoms with Crippen LogP contribution in [0.1, 0.15) is 45.6 Å². The Morgan fingerprint density at radius 2 is 1.90 bits per heavy atom. The molecule has 2 fully saturated rings. The van der Waals surface area contributed by atoms with Gasteiger partial charge in [-0.05, 0) is 48.3 Å². The summed E-state index contributed by atoms with van der Waals surface area (Å²) in [7, 11) is 0.